The fourth-order valence-electron chi connectivity index (χ4n) is 4.42. The molecule has 2 N–H and O–H groups in total. The fourth-order valence-corrected chi connectivity index (χ4v) is 4.91. The molecule has 0 atom stereocenters. The summed E-state index contributed by atoms with van der Waals surface area (Å²) in [7, 11) is -4.86. The first kappa shape index (κ1) is 44.2. The van der Waals surface area contributed by atoms with Crippen molar-refractivity contribution in [3.05, 3.63) is 102 Å². The molecule has 5 aromatic carbocycles. The average molecular weight is 788 g/mol. The minimum absolute atomic E-state index is 0. The number of rotatable bonds is 9. The molecule has 0 aliphatic rings. The average Bonchev–Trinajstić information content (AvgIpc) is 3.05. The van der Waals surface area contributed by atoms with Crippen LogP contribution in [0.3, 0.4) is 0 Å². The second-order valence-corrected chi connectivity index (χ2v) is 11.8. The molecule has 5 aromatic rings. The predicted octanol–water partition coefficient (Wildman–Crippen LogP) is 0.0481. The molecular weight excluding hydrogens is 766 g/mol. The second kappa shape index (κ2) is 18.7. The van der Waals surface area contributed by atoms with Gasteiger partial charge in [-0.2, -0.15) is 25.6 Å². The van der Waals surface area contributed by atoms with Crippen LogP contribution in [0.15, 0.2) is 121 Å². The van der Waals surface area contributed by atoms with E-state index in [9.17, 15) is 43.3 Å². The number of phenols is 2. The summed E-state index contributed by atoms with van der Waals surface area (Å²) in [6, 6.07) is 19.1. The number of benzene rings is 5. The molecule has 0 aliphatic carbocycles. The van der Waals surface area contributed by atoms with E-state index in [-0.39, 0.29) is 87.6 Å². The van der Waals surface area contributed by atoms with E-state index in [4.69, 9.17) is 0 Å². The van der Waals surface area contributed by atoms with Crippen LogP contribution in [0.1, 0.15) is 21.5 Å². The largest absolute Gasteiger partial charge is 2.00 e. The minimum Gasteiger partial charge on any atom is -0.871 e. The Kier molecular flexibility index (Phi) is 15.8. The van der Waals surface area contributed by atoms with Crippen molar-refractivity contribution in [2.24, 2.45) is 30.7 Å². The Bertz CT molecular complexity index is 2340. The molecule has 0 fully saturated rings. The molecule has 0 unspecified atom stereocenters. The van der Waals surface area contributed by atoms with Crippen molar-refractivity contribution < 1.29 is 119 Å². The Morgan fingerprint density at radius 3 is 1.71 bits per heavy atom. The number of hydrogen-bond donors (Lipinski definition) is 2. The quantitative estimate of drug-likeness (QED) is 0.116. The van der Waals surface area contributed by atoms with Gasteiger partial charge in [0.15, 0.2) is 0 Å². The maximum atomic E-state index is 13.0. The molecule has 15 nitrogen and oxygen atoms in total. The third-order valence-corrected chi connectivity index (χ3v) is 7.86. The summed E-state index contributed by atoms with van der Waals surface area (Å²) in [6.45, 7) is 3.59. The van der Waals surface area contributed by atoms with Gasteiger partial charge in [0.25, 0.3) is 0 Å². The number of carbonyl (C=O) groups excluding carboxylic acids is 1. The van der Waals surface area contributed by atoms with Crippen LogP contribution in [0.5, 0.6) is 23.0 Å². The Morgan fingerprint density at radius 1 is 0.635 bits per heavy atom. The van der Waals surface area contributed by atoms with E-state index in [0.717, 1.165) is 53.1 Å². The molecule has 0 aliphatic heterocycles. The zero-order chi connectivity index (χ0) is 35.5. The van der Waals surface area contributed by atoms with Gasteiger partial charge in [-0.1, -0.05) is 23.9 Å². The van der Waals surface area contributed by atoms with E-state index in [1.807, 2.05) is 25.1 Å². The van der Waals surface area contributed by atoms with Gasteiger partial charge in [0.1, 0.15) is 27.3 Å². The van der Waals surface area contributed by atoms with Crippen LogP contribution in [0.2, 0.25) is 0 Å². The first-order chi connectivity index (χ1) is 23.2. The van der Waals surface area contributed by atoms with Crippen molar-refractivity contribution in [2.75, 3.05) is 0 Å². The van der Waals surface area contributed by atoms with Crippen LogP contribution in [0.4, 0.5) is 34.1 Å². The number of carboxylic acids is 1. The molecule has 257 valence electrons. The van der Waals surface area contributed by atoms with Crippen LogP contribution in [-0.4, -0.2) is 29.2 Å². The van der Waals surface area contributed by atoms with Gasteiger partial charge >= 0.3 is 76.2 Å². The molecule has 0 saturated carbocycles. The van der Waals surface area contributed by atoms with E-state index in [2.05, 4.69) is 30.7 Å². The molecule has 52 heavy (non-hydrogen) atoms. The van der Waals surface area contributed by atoms with Crippen molar-refractivity contribution in [3.63, 3.8) is 0 Å². The summed E-state index contributed by atoms with van der Waals surface area (Å²) in [5.41, 5.74) is 2.56. The molecule has 0 spiro atoms. The van der Waals surface area contributed by atoms with Gasteiger partial charge in [0.05, 0.1) is 39.3 Å². The number of carboxylic acid groups (broad SMARTS) is 1. The number of aryl methyl sites for hydroxylation is 2. The maximum Gasteiger partial charge on any atom is 2.00 e. The third kappa shape index (κ3) is 10.5. The summed E-state index contributed by atoms with van der Waals surface area (Å²) in [4.78, 5) is 10.5. The molecule has 1 radical (unpaired) electrons. The Balaban J connectivity index is 0.00000312. The summed E-state index contributed by atoms with van der Waals surface area (Å²) < 4.78 is 33.8. The van der Waals surface area contributed by atoms with Gasteiger partial charge in [-0.05, 0) is 109 Å². The molecule has 0 heterocycles. The number of carbonyl (C=O) groups is 1. The predicted molar refractivity (Wildman–Crippen MR) is 168 cm³/mol. The van der Waals surface area contributed by atoms with Gasteiger partial charge < -0.3 is 34.9 Å². The SMILES string of the molecule is Cc1cc(-c2ccc(N=Nc3c(O)ccc(N=Nc4cc(S(=O)(=O)[O-])ccc4[O-])c3[O-])c(C)c2)ccc1N=Nc1ccc(O)c(C(=O)[O-])c1.[Cu+2].[Na+].[Na+]. The Morgan fingerprint density at radius 2 is 1.15 bits per heavy atom. The van der Waals surface area contributed by atoms with Gasteiger partial charge in [-0.3, -0.25) is 0 Å². The molecule has 0 saturated heterocycles. The second-order valence-electron chi connectivity index (χ2n) is 10.5. The van der Waals surface area contributed by atoms with Crippen molar-refractivity contribution in [2.45, 2.75) is 18.7 Å². The number of phenolic OH excluding ortho intramolecular Hbond substituents is 1. The van der Waals surface area contributed by atoms with E-state index in [1.54, 1.807) is 25.1 Å². The Hall–Kier alpha value is -4.00. The fraction of sp³-hybridized carbons (Fsp3) is 0.0606. The molecule has 19 heteroatoms. The minimum atomic E-state index is -4.86. The van der Waals surface area contributed by atoms with E-state index < -0.39 is 60.9 Å². The Labute approximate surface area is 351 Å². The first-order valence-electron chi connectivity index (χ1n) is 14.0. The molecule has 0 aromatic heterocycles. The summed E-state index contributed by atoms with van der Waals surface area (Å²) in [5.74, 6) is -4.08. The molecular formula is C33H22CuN6Na2O9S. The zero-order valence-electron chi connectivity index (χ0n) is 27.7. The van der Waals surface area contributed by atoms with Crippen molar-refractivity contribution in [1.82, 2.24) is 0 Å². The number of nitrogens with zero attached hydrogens (tertiary/aromatic N) is 6. The number of aromatic carboxylic acids is 1. The van der Waals surface area contributed by atoms with Gasteiger partial charge in [0.2, 0.25) is 0 Å². The van der Waals surface area contributed by atoms with Gasteiger partial charge in [-0.15, -0.1) is 5.11 Å². The monoisotopic (exact) mass is 787 g/mol. The van der Waals surface area contributed by atoms with E-state index >= 15 is 0 Å². The number of aromatic hydroxyl groups is 2. The zero-order valence-corrected chi connectivity index (χ0v) is 33.5. The summed E-state index contributed by atoms with van der Waals surface area (Å²) >= 11 is 0. The normalized spacial score (nSPS) is 11.3. The third-order valence-electron chi connectivity index (χ3n) is 7.03. The maximum absolute atomic E-state index is 13.0. The molecule has 0 amide bonds. The van der Waals surface area contributed by atoms with Crippen molar-refractivity contribution >= 4 is 50.2 Å². The van der Waals surface area contributed by atoms with Crippen LogP contribution in [-0.2, 0) is 27.2 Å². The first-order valence-corrected chi connectivity index (χ1v) is 15.4. The number of hydrogen-bond acceptors (Lipinski definition) is 15. The molecule has 5 rings (SSSR count). The van der Waals surface area contributed by atoms with Gasteiger partial charge in [-0.25, -0.2) is 8.42 Å². The standard InChI is InChI=1S/C33H26N6O9S.Cu.2Na/c1-17-13-19(3-7-24(17)35-34-21-5-10-28(40)23(15-21)33(44)45)20-4-8-25(18(2)14-20)36-39-31-30(42)12-9-26(32(31)43)37-38-27-16-22(49(46,47)48)6-11-29(27)41;;;/h3-16,40-43H,1-2H3,(H,44,45)(H,46,47,48);;;/q;+2;2*+1/p-4. The summed E-state index contributed by atoms with van der Waals surface area (Å²) in [6.07, 6.45) is 0. The van der Waals surface area contributed by atoms with Crippen LogP contribution >= 0.6 is 0 Å². The van der Waals surface area contributed by atoms with Crippen LogP contribution in [0, 0.1) is 13.8 Å². The molecule has 0 bridgehead atoms. The van der Waals surface area contributed by atoms with E-state index in [0.29, 0.717) is 16.9 Å². The van der Waals surface area contributed by atoms with Crippen molar-refractivity contribution in [3.8, 4) is 34.1 Å². The topological polar surface area (TPSA) is 258 Å². The smallest absolute Gasteiger partial charge is 0.871 e. The van der Waals surface area contributed by atoms with Crippen molar-refractivity contribution in [1.29, 1.82) is 0 Å². The number of azo groups is 3. The van der Waals surface area contributed by atoms with Crippen LogP contribution in [0.25, 0.3) is 11.1 Å². The van der Waals surface area contributed by atoms with Crippen LogP contribution < -0.4 is 74.4 Å². The van der Waals surface area contributed by atoms with Gasteiger partial charge in [0, 0.05) is 5.56 Å². The van der Waals surface area contributed by atoms with E-state index in [1.165, 1.54) is 12.1 Å². The summed E-state index contributed by atoms with van der Waals surface area (Å²) in [5, 5.41) is 79.7.